The molecular weight excluding hydrogens is 456 g/mol. The van der Waals surface area contributed by atoms with E-state index in [2.05, 4.69) is 5.32 Å². The highest BCUT2D eigenvalue weighted by molar-refractivity contribution is 8.23. The Hall–Kier alpha value is 0.180. The van der Waals surface area contributed by atoms with E-state index in [0.717, 1.165) is 11.8 Å². The van der Waals surface area contributed by atoms with Crippen molar-refractivity contribution in [3.63, 3.8) is 0 Å². The van der Waals surface area contributed by atoms with Crippen LogP contribution in [-0.4, -0.2) is 50.5 Å². The molecule has 0 heterocycles. The Labute approximate surface area is 175 Å². The van der Waals surface area contributed by atoms with E-state index in [1.165, 1.54) is 18.0 Å². The lowest BCUT2D eigenvalue weighted by molar-refractivity contribution is 0.219. The number of thiocarbonyl (C=S) groups is 1. The zero-order valence-electron chi connectivity index (χ0n) is 12.8. The minimum Gasteiger partial charge on any atom is -0.364 e. The number of hydrogen-bond donors (Lipinski definition) is 1. The Balaban J connectivity index is 2.94. The number of hydrogen-bond acceptors (Lipinski definition) is 3. The lowest BCUT2D eigenvalue weighted by Gasteiger charge is -2.33. The molecule has 0 saturated carbocycles. The fraction of sp³-hybridized carbons (Fsp3) is 0.385. The lowest BCUT2D eigenvalue weighted by Crippen LogP contribution is -2.46. The van der Waals surface area contributed by atoms with Crippen LogP contribution in [0.4, 0.5) is 10.5 Å². The standard InChI is InChI=1S/C13H14Cl5N3OS2/c1-20(2)12(23)24-10(13(16,17)18)21(3)11(22)19-9-5-4-7(14)6-8(9)15/h4-6,10H,1-3H3,(H,19,22). The Morgan fingerprint density at radius 1 is 1.25 bits per heavy atom. The normalized spacial score (nSPS) is 12.5. The van der Waals surface area contributed by atoms with Crippen LogP contribution in [0.2, 0.25) is 10.0 Å². The van der Waals surface area contributed by atoms with Gasteiger partial charge < -0.3 is 15.1 Å². The van der Waals surface area contributed by atoms with Crippen LogP contribution < -0.4 is 5.32 Å². The highest BCUT2D eigenvalue weighted by Gasteiger charge is 2.39. The Kier molecular flexibility index (Phi) is 8.53. The molecule has 0 saturated heterocycles. The molecule has 0 radical (unpaired) electrons. The van der Waals surface area contributed by atoms with E-state index in [-0.39, 0.29) is 0 Å². The molecule has 0 fully saturated rings. The quantitative estimate of drug-likeness (QED) is 0.348. The van der Waals surface area contributed by atoms with Crippen LogP contribution >= 0.6 is 82.0 Å². The molecule has 0 spiro atoms. The summed E-state index contributed by atoms with van der Waals surface area (Å²) in [7, 11) is 5.02. The van der Waals surface area contributed by atoms with E-state index in [1.54, 1.807) is 31.1 Å². The molecule has 11 heteroatoms. The van der Waals surface area contributed by atoms with Gasteiger partial charge in [0.25, 0.3) is 0 Å². The van der Waals surface area contributed by atoms with E-state index >= 15 is 0 Å². The molecule has 0 aromatic heterocycles. The molecule has 134 valence electrons. The molecule has 0 aliphatic rings. The number of anilines is 1. The molecule has 4 nitrogen and oxygen atoms in total. The van der Waals surface area contributed by atoms with E-state index in [4.69, 9.17) is 70.2 Å². The monoisotopic (exact) mass is 467 g/mol. The maximum absolute atomic E-state index is 12.5. The second-order valence-electron chi connectivity index (χ2n) is 4.84. The van der Waals surface area contributed by atoms with Crippen molar-refractivity contribution in [2.24, 2.45) is 0 Å². The minimum atomic E-state index is -1.75. The van der Waals surface area contributed by atoms with Gasteiger partial charge in [0.15, 0.2) is 0 Å². The topological polar surface area (TPSA) is 35.6 Å². The molecular formula is C13H14Cl5N3OS2. The molecule has 1 rings (SSSR count). The molecule has 1 aromatic carbocycles. The Morgan fingerprint density at radius 2 is 1.83 bits per heavy atom. The SMILES string of the molecule is CN(C)C(=S)SC(N(C)C(=O)Nc1ccc(Cl)cc1Cl)C(Cl)(Cl)Cl. The first-order chi connectivity index (χ1) is 10.9. The Bertz CT molecular complexity index is 624. The number of benzene rings is 1. The summed E-state index contributed by atoms with van der Waals surface area (Å²) in [6, 6.07) is 4.19. The van der Waals surface area contributed by atoms with Crippen molar-refractivity contribution in [1.29, 1.82) is 0 Å². The largest absolute Gasteiger partial charge is 0.364 e. The number of nitrogens with zero attached hydrogens (tertiary/aromatic N) is 2. The first kappa shape index (κ1) is 22.2. The number of nitrogens with one attached hydrogen (secondary N) is 1. The third-order valence-corrected chi connectivity index (χ3v) is 6.37. The smallest absolute Gasteiger partial charge is 0.322 e. The molecule has 1 N–H and O–H groups in total. The second-order valence-corrected chi connectivity index (χ2v) is 9.76. The van der Waals surface area contributed by atoms with E-state index in [1.807, 2.05) is 0 Å². The van der Waals surface area contributed by atoms with Gasteiger partial charge in [0, 0.05) is 26.2 Å². The summed E-state index contributed by atoms with van der Waals surface area (Å²) in [6.07, 6.45) is 0. The van der Waals surface area contributed by atoms with Gasteiger partial charge in [-0.05, 0) is 18.2 Å². The van der Waals surface area contributed by atoms with Crippen LogP contribution in [0.5, 0.6) is 0 Å². The Morgan fingerprint density at radius 3 is 2.29 bits per heavy atom. The molecule has 1 atom stereocenters. The summed E-state index contributed by atoms with van der Waals surface area (Å²) in [5.41, 5.74) is 0.390. The maximum Gasteiger partial charge on any atom is 0.322 e. The van der Waals surface area contributed by atoms with E-state index in [0.29, 0.717) is 20.1 Å². The van der Waals surface area contributed by atoms with Gasteiger partial charge in [-0.25, -0.2) is 4.79 Å². The number of alkyl halides is 3. The van der Waals surface area contributed by atoms with Gasteiger partial charge in [-0.15, -0.1) is 0 Å². The van der Waals surface area contributed by atoms with Gasteiger partial charge in [-0.3, -0.25) is 0 Å². The van der Waals surface area contributed by atoms with Gasteiger partial charge in [-0.2, -0.15) is 0 Å². The molecule has 1 unspecified atom stereocenters. The zero-order valence-corrected chi connectivity index (χ0v) is 18.2. The van der Waals surface area contributed by atoms with Crippen molar-refractivity contribution in [2.45, 2.75) is 9.17 Å². The predicted octanol–water partition coefficient (Wildman–Crippen LogP) is 5.73. The number of amides is 2. The van der Waals surface area contributed by atoms with Crippen LogP contribution in [-0.2, 0) is 0 Å². The fourth-order valence-electron chi connectivity index (χ4n) is 1.47. The van der Waals surface area contributed by atoms with Gasteiger partial charge in [-0.1, -0.05) is 82.0 Å². The average Bonchev–Trinajstić information content (AvgIpc) is 2.45. The van der Waals surface area contributed by atoms with E-state index in [9.17, 15) is 4.79 Å². The first-order valence-electron chi connectivity index (χ1n) is 6.37. The van der Waals surface area contributed by atoms with Gasteiger partial charge >= 0.3 is 6.03 Å². The number of thioether (sulfide) groups is 1. The minimum absolute atomic E-state index is 0.297. The first-order valence-corrected chi connectivity index (χ1v) is 9.54. The molecule has 1 aromatic rings. The van der Waals surface area contributed by atoms with Crippen LogP contribution in [0, 0.1) is 0 Å². The third kappa shape index (κ3) is 6.48. The molecule has 0 bridgehead atoms. The van der Waals surface area contributed by atoms with Crippen LogP contribution in [0.15, 0.2) is 18.2 Å². The summed E-state index contributed by atoms with van der Waals surface area (Å²) in [4.78, 5) is 15.4. The van der Waals surface area contributed by atoms with E-state index < -0.39 is 15.2 Å². The molecule has 2 amide bonds. The predicted molar refractivity (Wildman–Crippen MR) is 111 cm³/mol. The summed E-state index contributed by atoms with van der Waals surface area (Å²) in [5.74, 6) is 0. The van der Waals surface area contributed by atoms with Crippen LogP contribution in [0.3, 0.4) is 0 Å². The highest BCUT2D eigenvalue weighted by atomic mass is 35.6. The van der Waals surface area contributed by atoms with Crippen molar-refractivity contribution < 1.29 is 4.79 Å². The van der Waals surface area contributed by atoms with Gasteiger partial charge in [0.2, 0.25) is 3.79 Å². The number of rotatable bonds is 3. The number of carbonyl (C=O) groups is 1. The van der Waals surface area contributed by atoms with Crippen molar-refractivity contribution in [3.05, 3.63) is 28.2 Å². The van der Waals surface area contributed by atoms with Gasteiger partial charge in [0.05, 0.1) is 10.7 Å². The van der Waals surface area contributed by atoms with Crippen molar-refractivity contribution in [1.82, 2.24) is 9.80 Å². The van der Waals surface area contributed by atoms with Gasteiger partial charge in [0.1, 0.15) is 9.69 Å². The molecule has 0 aliphatic heterocycles. The zero-order chi connectivity index (χ0) is 18.7. The number of urea groups is 1. The summed E-state index contributed by atoms with van der Waals surface area (Å²) in [6.45, 7) is 0. The van der Waals surface area contributed by atoms with Crippen LogP contribution in [0.1, 0.15) is 0 Å². The second kappa shape index (κ2) is 9.21. The number of carbonyl (C=O) groups excluding carboxylic acids is 1. The lowest BCUT2D eigenvalue weighted by atomic mass is 10.3. The summed E-state index contributed by atoms with van der Waals surface area (Å²) in [5, 5.41) is 2.55. The van der Waals surface area contributed by atoms with Crippen molar-refractivity contribution in [2.75, 3.05) is 26.5 Å². The average molecular weight is 470 g/mol. The highest BCUT2D eigenvalue weighted by Crippen LogP contribution is 2.40. The molecule has 0 aliphatic carbocycles. The van der Waals surface area contributed by atoms with Crippen LogP contribution in [0.25, 0.3) is 0 Å². The van der Waals surface area contributed by atoms with Crippen molar-refractivity contribution >= 4 is 98.0 Å². The number of halogens is 5. The summed E-state index contributed by atoms with van der Waals surface area (Å²) >= 11 is 36.2. The molecule has 24 heavy (non-hydrogen) atoms. The fourth-order valence-corrected chi connectivity index (χ4v) is 3.83. The van der Waals surface area contributed by atoms with Crippen molar-refractivity contribution in [3.8, 4) is 0 Å². The maximum atomic E-state index is 12.5. The summed E-state index contributed by atoms with van der Waals surface area (Å²) < 4.78 is -1.28. The third-order valence-electron chi connectivity index (χ3n) is 2.70.